The van der Waals surface area contributed by atoms with Gasteiger partial charge in [0, 0.05) is 50.3 Å². The smallest absolute Gasteiger partial charge is 0.476 e. The molecule has 0 spiro atoms. The Morgan fingerprint density at radius 1 is 0.432 bits per heavy atom. The standard InChI is InChI=1S/C22H21N5O3S.C21H19N5O3S.C19H24BNO4S.C8H7ClN4O.C7H4ClN3O2.C6H5ClN4/c1-15-7-9-19(10-8-15)31(29,30)26(3)18-6-4-5-17(13-18)20-11-12-22-24-21(23-16(2)28)14-27(22)25-20;1-14-6-8-18(9-7-14)30(28,29)25-17-5-3-4-16(12-17)19-10-11-21-23-20(22-15(2)27)13-26(21)24-19;1-14-9-11-17(12-10-14)26(22,23)21-16-8-6-7-15(13-16)20-24-18(2,3)19(4,5)25-20;1-5(14)10-7-4-13-8(11-7)3-2-6(9)12-13;8-5-1-2-6-9-4(7(12)13)3-11(6)10-5;7-4-1-2-6-9-5(8)3-11(6)10-4/h4-14H,1-3H3,(H,23,28);3-13,25H,1-2H3,(H,22,27);6-13,21H,1-5H3;2-4H,1H3,(H,10,14);1-3H,(H,12,13);1-3H,8H2. The first kappa shape index (κ1) is 90.4. The molecule has 0 unspecified atom stereocenters. The van der Waals surface area contributed by atoms with E-state index in [9.17, 15) is 44.4 Å². The highest BCUT2D eigenvalue weighted by atomic mass is 35.5. The number of nitrogens with two attached hydrogens (primary N) is 1. The van der Waals surface area contributed by atoms with E-state index in [0.29, 0.717) is 95.4 Å². The zero-order valence-electron chi connectivity index (χ0n) is 68.5. The molecule has 125 heavy (non-hydrogen) atoms. The number of rotatable bonds is 16. The Morgan fingerprint density at radius 2 is 0.792 bits per heavy atom. The third-order valence-corrected chi connectivity index (χ3v) is 23.8. The molecule has 1 fully saturated rings. The predicted molar refractivity (Wildman–Crippen MR) is 478 cm³/mol. The van der Waals surface area contributed by atoms with Crippen molar-refractivity contribution < 1.29 is 58.8 Å². The molecule has 1 aliphatic rings. The van der Waals surface area contributed by atoms with Crippen molar-refractivity contribution in [3.63, 3.8) is 0 Å². The Labute approximate surface area is 731 Å². The van der Waals surface area contributed by atoms with Crippen LogP contribution in [-0.2, 0) is 53.8 Å². The molecular formula is C83H80BCl3N22O13S3. The van der Waals surface area contributed by atoms with Crippen LogP contribution in [0.1, 0.15) is 75.6 Å². The number of hydrogen-bond donors (Lipinski definition) is 7. The van der Waals surface area contributed by atoms with Crippen molar-refractivity contribution in [2.24, 2.45) is 0 Å². The maximum Gasteiger partial charge on any atom is 0.494 e. The van der Waals surface area contributed by atoms with E-state index in [1.807, 2.05) is 66.7 Å². The normalized spacial score (nSPS) is 12.7. The van der Waals surface area contributed by atoms with Crippen LogP contribution in [0.4, 0.5) is 40.3 Å². The van der Waals surface area contributed by atoms with Gasteiger partial charge in [-0.1, -0.05) is 124 Å². The Morgan fingerprint density at radius 3 is 1.22 bits per heavy atom. The van der Waals surface area contributed by atoms with Crippen molar-refractivity contribution in [2.75, 3.05) is 42.5 Å². The number of aromatic nitrogens is 15. The Bertz CT molecular complexity index is 7070. The van der Waals surface area contributed by atoms with Crippen molar-refractivity contribution in [2.45, 2.75) is 95.1 Å². The van der Waals surface area contributed by atoms with Gasteiger partial charge in [-0.25, -0.2) is 77.5 Å². The lowest BCUT2D eigenvalue weighted by atomic mass is 9.79. The molecule has 11 heterocycles. The fraction of sp³-hybridized carbons (Fsp3) is 0.157. The molecule has 17 rings (SSSR count). The van der Waals surface area contributed by atoms with Crippen LogP contribution in [0, 0.1) is 20.8 Å². The molecule has 0 bridgehead atoms. The summed E-state index contributed by atoms with van der Waals surface area (Å²) < 4.78 is 103. The number of carbonyl (C=O) groups is 4. The van der Waals surface area contributed by atoms with Crippen LogP contribution < -0.4 is 40.9 Å². The third-order valence-electron chi connectivity index (χ3n) is 18.6. The van der Waals surface area contributed by atoms with Gasteiger partial charge in [-0.3, -0.25) is 28.1 Å². The van der Waals surface area contributed by atoms with Gasteiger partial charge in [0.1, 0.15) is 21.3 Å². The number of halogens is 3. The van der Waals surface area contributed by atoms with Crippen molar-refractivity contribution in [1.29, 1.82) is 0 Å². The second-order valence-electron chi connectivity index (χ2n) is 28.9. The predicted octanol–water partition coefficient (Wildman–Crippen LogP) is 13.4. The number of imidazole rings is 5. The molecule has 3 amide bonds. The lowest BCUT2D eigenvalue weighted by Crippen LogP contribution is -2.41. The van der Waals surface area contributed by atoms with E-state index in [4.69, 9.17) is 55.0 Å². The van der Waals surface area contributed by atoms with E-state index in [2.05, 4.69) is 75.8 Å². The molecule has 0 saturated carbocycles. The van der Waals surface area contributed by atoms with Crippen molar-refractivity contribution in [3.8, 4) is 22.5 Å². The molecule has 0 radical (unpaired) electrons. The number of nitrogens with zero attached hydrogens (tertiary/aromatic N) is 16. The lowest BCUT2D eigenvalue weighted by Gasteiger charge is -2.32. The monoisotopic (exact) mass is 1800 g/mol. The average Bonchev–Trinajstić information content (AvgIpc) is 1.59. The highest BCUT2D eigenvalue weighted by Gasteiger charge is 2.52. The molecule has 10 aromatic heterocycles. The van der Waals surface area contributed by atoms with Gasteiger partial charge < -0.3 is 36.1 Å². The molecule has 1 aliphatic heterocycles. The Hall–Kier alpha value is -13.8. The number of hydrogen-bond acceptors (Lipinski definition) is 23. The Kier molecular flexibility index (Phi) is 27.4. The number of carboxylic acids is 1. The zero-order chi connectivity index (χ0) is 90.0. The summed E-state index contributed by atoms with van der Waals surface area (Å²) in [5.41, 5.74) is 15.4. The molecule has 642 valence electrons. The average molecular weight is 1810 g/mol. The summed E-state index contributed by atoms with van der Waals surface area (Å²) in [6, 6.07) is 58.5. The van der Waals surface area contributed by atoms with Crippen LogP contribution in [0.15, 0.2) is 252 Å². The molecule has 0 atom stereocenters. The second-order valence-corrected chi connectivity index (χ2v) is 35.4. The number of carbonyl (C=O) groups excluding carboxylic acids is 3. The molecule has 8 N–H and O–H groups in total. The summed E-state index contributed by atoms with van der Waals surface area (Å²) in [7, 11) is -10.0. The first-order valence-corrected chi connectivity index (χ1v) is 43.2. The number of anilines is 7. The number of sulfonamides is 3. The SMILES string of the molecule is CC(=O)Nc1cn2nc(-c3cccc(N(C)S(=O)(=O)c4ccc(C)cc4)c3)ccc2n1.CC(=O)Nc1cn2nc(-c3cccc(NS(=O)(=O)c4ccc(C)cc4)c3)ccc2n1.CC(=O)Nc1cn2nc(Cl)ccc2n1.Cc1ccc(S(=O)(=O)Nc2cccc(B3OC(C)(C)C(C)(C)O3)c2)cc1.Nc1cn2nc(Cl)ccc2n1.O=C(O)c1cn2nc(Cl)ccc2n1. The van der Waals surface area contributed by atoms with Crippen LogP contribution in [0.5, 0.6) is 0 Å². The molecule has 0 aliphatic carbocycles. The highest BCUT2D eigenvalue weighted by Crippen LogP contribution is 2.37. The van der Waals surface area contributed by atoms with Crippen LogP contribution in [0.2, 0.25) is 15.5 Å². The third kappa shape index (κ3) is 23.1. The van der Waals surface area contributed by atoms with Crippen molar-refractivity contribution >= 4 is 170 Å². The number of carboxylic acid groups (broad SMARTS) is 1. The molecule has 1 saturated heterocycles. The highest BCUT2D eigenvalue weighted by molar-refractivity contribution is 7.93. The maximum atomic E-state index is 13.0. The van der Waals surface area contributed by atoms with Gasteiger partial charge >= 0.3 is 13.1 Å². The first-order chi connectivity index (χ1) is 59.1. The molecule has 35 nitrogen and oxygen atoms in total. The fourth-order valence-electron chi connectivity index (χ4n) is 11.7. The fourth-order valence-corrected chi connectivity index (χ4v) is 15.4. The summed E-state index contributed by atoms with van der Waals surface area (Å²) in [5.74, 6) is 0.0519. The lowest BCUT2D eigenvalue weighted by molar-refractivity contribution is -0.115. The Balaban J connectivity index is 0.000000142. The van der Waals surface area contributed by atoms with Gasteiger partial charge in [-0.2, -0.15) is 25.5 Å². The summed E-state index contributed by atoms with van der Waals surface area (Å²) in [4.78, 5) is 64.8. The minimum atomic E-state index is -3.70. The number of nitrogen functional groups attached to an aromatic ring is 1. The first-order valence-electron chi connectivity index (χ1n) is 37.6. The van der Waals surface area contributed by atoms with Crippen molar-refractivity contribution in [3.05, 3.63) is 275 Å². The maximum absolute atomic E-state index is 13.0. The van der Waals surface area contributed by atoms with Crippen LogP contribution in [0.3, 0.4) is 0 Å². The van der Waals surface area contributed by atoms with Gasteiger partial charge in [-0.05, 0) is 187 Å². The van der Waals surface area contributed by atoms with Gasteiger partial charge in [0.25, 0.3) is 30.1 Å². The molecule has 6 aromatic carbocycles. The number of fused-ring (bicyclic) bond motifs is 5. The van der Waals surface area contributed by atoms with E-state index >= 15 is 0 Å². The molecular weight excluding hydrogens is 1730 g/mol. The van der Waals surface area contributed by atoms with E-state index in [-0.39, 0.29) is 38.1 Å². The second kappa shape index (κ2) is 37.9. The van der Waals surface area contributed by atoms with E-state index in [1.54, 1.807) is 222 Å². The number of aromatic carboxylic acids is 1. The van der Waals surface area contributed by atoms with Crippen LogP contribution >= 0.6 is 34.8 Å². The van der Waals surface area contributed by atoms with E-state index in [1.165, 1.54) is 51.9 Å². The van der Waals surface area contributed by atoms with Crippen LogP contribution in [-0.4, -0.2) is 152 Å². The number of nitrogens with one attached hydrogen (secondary N) is 5. The quantitative estimate of drug-likeness (QED) is 0.0442. The number of benzene rings is 6. The summed E-state index contributed by atoms with van der Waals surface area (Å²) in [6.45, 7) is 17.9. The largest absolute Gasteiger partial charge is 0.494 e. The molecule has 42 heteroatoms. The summed E-state index contributed by atoms with van der Waals surface area (Å²) >= 11 is 16.9. The minimum Gasteiger partial charge on any atom is -0.476 e. The zero-order valence-corrected chi connectivity index (χ0v) is 73.2. The van der Waals surface area contributed by atoms with Gasteiger partial charge in [0.2, 0.25) is 17.7 Å². The van der Waals surface area contributed by atoms with Crippen LogP contribution in [0.25, 0.3) is 50.8 Å². The van der Waals surface area contributed by atoms with Gasteiger partial charge in [0.05, 0.1) is 73.9 Å². The van der Waals surface area contributed by atoms with Gasteiger partial charge in [0.15, 0.2) is 51.4 Å². The van der Waals surface area contributed by atoms with Crippen molar-refractivity contribution in [1.82, 2.24) is 73.0 Å². The summed E-state index contributed by atoms with van der Waals surface area (Å²) in [5, 5.41) is 38.3. The van der Waals surface area contributed by atoms with E-state index in [0.717, 1.165) is 33.3 Å². The topological polar surface area (TPSA) is 450 Å². The minimum absolute atomic E-state index is 0.0465. The van der Waals surface area contributed by atoms with E-state index < -0.39 is 54.4 Å². The van der Waals surface area contributed by atoms with Gasteiger partial charge in [-0.15, -0.1) is 0 Å². The number of aryl methyl sites for hydroxylation is 3. The number of amides is 3. The summed E-state index contributed by atoms with van der Waals surface area (Å²) in [6.07, 6.45) is 7.76. The molecule has 16 aromatic rings.